The minimum absolute atomic E-state index is 0.0166. The molecule has 0 aromatic carbocycles. The van der Waals surface area contributed by atoms with E-state index in [9.17, 15) is 19.5 Å². The molecule has 54 heavy (non-hydrogen) atoms. The monoisotopic (exact) mass is 752 g/mol. The van der Waals surface area contributed by atoms with Crippen LogP contribution in [-0.4, -0.2) is 65.7 Å². The average Bonchev–Trinajstić information content (AvgIpc) is 3.62. The van der Waals surface area contributed by atoms with Crippen molar-refractivity contribution in [1.29, 1.82) is 0 Å². The number of rotatable bonds is 10. The first-order valence-electron chi connectivity index (χ1n) is 21.6. The van der Waals surface area contributed by atoms with Crippen LogP contribution in [0.15, 0.2) is 12.2 Å². The number of esters is 1. The fourth-order valence-electron chi connectivity index (χ4n) is 15.8. The Morgan fingerprint density at radius 1 is 0.852 bits per heavy atom. The normalized spacial score (nSPS) is 45.4. The summed E-state index contributed by atoms with van der Waals surface area (Å²) in [5.74, 6) is 0.146. The van der Waals surface area contributed by atoms with Crippen LogP contribution in [0.2, 0.25) is 0 Å². The molecule has 0 heterocycles. The maximum Gasteiger partial charge on any atom is 0.306 e. The fraction of sp³-hybridized carbons (Fsp3) is 0.891. The topological polar surface area (TPSA) is 122 Å². The van der Waals surface area contributed by atoms with E-state index in [0.717, 1.165) is 83.5 Å². The number of nitrogens with one attached hydrogen (secondary N) is 1. The third-order valence-corrected chi connectivity index (χ3v) is 18.9. The van der Waals surface area contributed by atoms with Crippen LogP contribution >= 0.6 is 0 Å². The molecule has 8 heteroatoms. The Morgan fingerprint density at radius 3 is 2.13 bits per heavy atom. The molecule has 6 rings (SSSR count). The molecule has 1 unspecified atom stereocenters. The predicted molar refractivity (Wildman–Crippen MR) is 215 cm³/mol. The number of ether oxygens (including phenoxy) is 1. The van der Waals surface area contributed by atoms with E-state index in [-0.39, 0.29) is 75.3 Å². The van der Waals surface area contributed by atoms with E-state index in [2.05, 4.69) is 79.4 Å². The Bertz CT molecular complexity index is 1520. The SMILES string of the molecule is C=C(C)[C@@H]1CC[C@]2(CC(=O)N[C@H]3CCC(N(C)C)C3)CC[C@]3(C)[C@](C)(CC[C@@H]4[C@@]5(C)CC[C@H](OC(=O)CC(C)(C)CC(=O)O)C(C)(C)[C@@H]5CC[C@]43C)[C@@]12N. The van der Waals surface area contributed by atoms with Crippen LogP contribution in [-0.2, 0) is 19.1 Å². The van der Waals surface area contributed by atoms with Gasteiger partial charge in [-0.25, -0.2) is 0 Å². The second-order valence-corrected chi connectivity index (χ2v) is 22.5. The van der Waals surface area contributed by atoms with E-state index in [1.54, 1.807) is 0 Å². The van der Waals surface area contributed by atoms with Gasteiger partial charge in [0.05, 0.1) is 12.8 Å². The summed E-state index contributed by atoms with van der Waals surface area (Å²) < 4.78 is 6.30. The molecule has 0 saturated heterocycles. The van der Waals surface area contributed by atoms with Crippen molar-refractivity contribution in [2.24, 2.45) is 61.4 Å². The van der Waals surface area contributed by atoms with Gasteiger partial charge in [0.15, 0.2) is 0 Å². The quantitative estimate of drug-likeness (QED) is 0.151. The number of carboxylic acids is 1. The molecule has 0 aliphatic heterocycles. The van der Waals surface area contributed by atoms with Gasteiger partial charge in [0.2, 0.25) is 5.91 Å². The van der Waals surface area contributed by atoms with Crippen LogP contribution < -0.4 is 11.1 Å². The van der Waals surface area contributed by atoms with E-state index in [0.29, 0.717) is 24.3 Å². The summed E-state index contributed by atoms with van der Waals surface area (Å²) in [5, 5.41) is 12.9. The highest BCUT2D eigenvalue weighted by Crippen LogP contribution is 2.82. The minimum Gasteiger partial charge on any atom is -0.481 e. The van der Waals surface area contributed by atoms with E-state index in [1.165, 1.54) is 5.57 Å². The summed E-state index contributed by atoms with van der Waals surface area (Å²) in [6.07, 6.45) is 13.9. The van der Waals surface area contributed by atoms with Gasteiger partial charge in [-0.15, -0.1) is 0 Å². The Hall–Kier alpha value is -1.93. The van der Waals surface area contributed by atoms with Crippen LogP contribution in [0.4, 0.5) is 0 Å². The van der Waals surface area contributed by atoms with Gasteiger partial charge < -0.3 is 25.8 Å². The zero-order valence-corrected chi connectivity index (χ0v) is 36.1. The fourth-order valence-corrected chi connectivity index (χ4v) is 15.8. The third kappa shape index (κ3) is 6.06. The molecule has 0 bridgehead atoms. The summed E-state index contributed by atoms with van der Waals surface area (Å²) in [6.45, 7) is 25.4. The summed E-state index contributed by atoms with van der Waals surface area (Å²) in [7, 11) is 4.29. The van der Waals surface area contributed by atoms with Gasteiger partial charge in [-0.3, -0.25) is 14.4 Å². The first kappa shape index (κ1) is 41.7. The molecule has 0 aromatic rings. The lowest BCUT2D eigenvalue weighted by atomic mass is 9.27. The molecule has 306 valence electrons. The number of carbonyl (C=O) groups is 3. The van der Waals surface area contributed by atoms with Crippen LogP contribution in [0.1, 0.15) is 165 Å². The number of fused-ring (bicyclic) bond motifs is 7. The van der Waals surface area contributed by atoms with E-state index >= 15 is 0 Å². The molecule has 0 aromatic heterocycles. The van der Waals surface area contributed by atoms with Crippen LogP contribution in [0.3, 0.4) is 0 Å². The van der Waals surface area contributed by atoms with Crippen molar-refractivity contribution in [2.75, 3.05) is 14.1 Å². The second kappa shape index (κ2) is 13.6. The van der Waals surface area contributed by atoms with Crippen LogP contribution in [0.5, 0.6) is 0 Å². The number of nitrogens with zero attached hydrogens (tertiary/aromatic N) is 1. The Balaban J connectivity index is 1.26. The van der Waals surface area contributed by atoms with Gasteiger partial charge in [-0.1, -0.05) is 67.5 Å². The summed E-state index contributed by atoms with van der Waals surface area (Å²) >= 11 is 0. The first-order chi connectivity index (χ1) is 24.8. The van der Waals surface area contributed by atoms with Crippen molar-refractivity contribution in [3.05, 3.63) is 12.2 Å². The van der Waals surface area contributed by atoms with Gasteiger partial charge >= 0.3 is 11.9 Å². The Morgan fingerprint density at radius 2 is 1.52 bits per heavy atom. The maximum absolute atomic E-state index is 14.1. The molecule has 6 saturated carbocycles. The standard InChI is InChI=1S/C46H77N3O5/c1-29(2)32-15-22-45(26-36(50)48-30-13-14-31(25-30)49(11)12)24-23-43(9)42(8)20-16-33-40(5,6)35(54-38(53)28-39(3,4)27-37(51)52)18-19-41(33,7)34(42)17-21-44(43,10)46(32,45)47/h30-35H,1,13-28,47H2,2-12H3,(H,48,50)(H,51,52)/t30-,31?,32-,33-,34+,35-,41-,42+,43-,44-,45+,46-/m0/s1. The number of carbonyl (C=O) groups excluding carboxylic acids is 2. The van der Waals surface area contributed by atoms with Crippen molar-refractivity contribution in [1.82, 2.24) is 10.2 Å². The van der Waals surface area contributed by atoms with Crippen molar-refractivity contribution >= 4 is 17.8 Å². The highest BCUT2D eigenvalue weighted by atomic mass is 16.5. The summed E-state index contributed by atoms with van der Waals surface area (Å²) in [4.78, 5) is 41.2. The smallest absolute Gasteiger partial charge is 0.306 e. The van der Waals surface area contributed by atoms with E-state index in [4.69, 9.17) is 10.5 Å². The van der Waals surface area contributed by atoms with E-state index in [1.807, 2.05) is 13.8 Å². The molecule has 6 fully saturated rings. The molecule has 0 spiro atoms. The first-order valence-corrected chi connectivity index (χ1v) is 21.6. The number of hydrogen-bond acceptors (Lipinski definition) is 6. The zero-order chi connectivity index (χ0) is 40.1. The summed E-state index contributed by atoms with van der Waals surface area (Å²) in [6, 6.07) is 0.773. The van der Waals surface area contributed by atoms with Crippen molar-refractivity contribution in [2.45, 2.75) is 189 Å². The van der Waals surface area contributed by atoms with Crippen LogP contribution in [0, 0.1) is 55.7 Å². The van der Waals surface area contributed by atoms with Gasteiger partial charge in [0.25, 0.3) is 0 Å². The molecule has 1 amide bonds. The van der Waals surface area contributed by atoms with Crippen molar-refractivity contribution in [3.8, 4) is 0 Å². The molecule has 0 radical (unpaired) electrons. The van der Waals surface area contributed by atoms with Gasteiger partial charge in [-0.2, -0.15) is 0 Å². The third-order valence-electron chi connectivity index (χ3n) is 18.9. The lowest BCUT2D eigenvalue weighted by molar-refractivity contribution is -0.283. The molecule has 6 aliphatic carbocycles. The number of amides is 1. The second-order valence-electron chi connectivity index (χ2n) is 22.5. The van der Waals surface area contributed by atoms with Crippen LogP contribution in [0.25, 0.3) is 0 Å². The molecular formula is C46H77N3O5. The highest BCUT2D eigenvalue weighted by Gasteiger charge is 2.79. The Labute approximate surface area is 327 Å². The molecule has 12 atom stereocenters. The highest BCUT2D eigenvalue weighted by molar-refractivity contribution is 5.77. The lowest BCUT2D eigenvalue weighted by Gasteiger charge is -2.78. The number of aliphatic carboxylic acids is 1. The predicted octanol–water partition coefficient (Wildman–Crippen LogP) is 8.91. The number of carboxylic acid groups (broad SMARTS) is 1. The number of hydrogen-bond donors (Lipinski definition) is 3. The average molecular weight is 752 g/mol. The van der Waals surface area contributed by atoms with Crippen molar-refractivity contribution < 1.29 is 24.2 Å². The van der Waals surface area contributed by atoms with Gasteiger partial charge in [0, 0.05) is 29.5 Å². The molecule has 4 N–H and O–H groups in total. The van der Waals surface area contributed by atoms with Crippen molar-refractivity contribution in [3.63, 3.8) is 0 Å². The molecule has 6 aliphatic rings. The zero-order valence-electron chi connectivity index (χ0n) is 36.1. The molecular weight excluding hydrogens is 675 g/mol. The maximum atomic E-state index is 14.1. The summed E-state index contributed by atoms with van der Waals surface area (Å²) in [5.41, 5.74) is 7.77. The largest absolute Gasteiger partial charge is 0.481 e. The minimum atomic E-state index is -0.889. The Kier molecular flexibility index (Phi) is 10.5. The van der Waals surface area contributed by atoms with E-state index < -0.39 is 16.9 Å². The number of nitrogens with two attached hydrogens (primary N) is 1. The van der Waals surface area contributed by atoms with Gasteiger partial charge in [0.1, 0.15) is 6.10 Å². The lowest BCUT2D eigenvalue weighted by Crippen LogP contribution is -2.78. The van der Waals surface area contributed by atoms with Gasteiger partial charge in [-0.05, 0) is 155 Å². The molecule has 8 nitrogen and oxygen atoms in total.